The fourth-order valence-corrected chi connectivity index (χ4v) is 2.87. The summed E-state index contributed by atoms with van der Waals surface area (Å²) < 4.78 is 11.1. The molecule has 7 heteroatoms. The van der Waals surface area contributed by atoms with Crippen LogP contribution in [-0.2, 0) is 4.74 Å². The molecular formula is C17H22N4O3. The Labute approximate surface area is 141 Å². The maximum atomic E-state index is 12.6. The Morgan fingerprint density at radius 1 is 1.42 bits per heavy atom. The number of anilines is 1. The highest BCUT2D eigenvalue weighted by atomic mass is 16.5. The summed E-state index contributed by atoms with van der Waals surface area (Å²) >= 11 is 0. The van der Waals surface area contributed by atoms with E-state index in [9.17, 15) is 4.79 Å². The second-order valence-electron chi connectivity index (χ2n) is 5.77. The lowest BCUT2D eigenvalue weighted by atomic mass is 10.1. The number of hydrogen-bond donors (Lipinski definition) is 1. The van der Waals surface area contributed by atoms with Crippen molar-refractivity contribution in [1.29, 1.82) is 0 Å². The monoisotopic (exact) mass is 330 g/mol. The molecule has 7 nitrogen and oxygen atoms in total. The standard InChI is InChI=1S/C17H22N4O3/c1-3-23-13-7-6-10-21(11-13)17(22)18-15-9-5-4-8-14(15)16-20-19-12(2)24-16/h4-5,8-9,13H,3,6-7,10-11H2,1-2H3,(H,18,22)/t13-/m1/s1. The minimum Gasteiger partial charge on any atom is -0.421 e. The summed E-state index contributed by atoms with van der Waals surface area (Å²) in [4.78, 5) is 14.4. The largest absolute Gasteiger partial charge is 0.421 e. The van der Waals surface area contributed by atoms with Crippen molar-refractivity contribution in [3.05, 3.63) is 30.2 Å². The molecule has 1 aliphatic heterocycles. The molecule has 1 atom stereocenters. The highest BCUT2D eigenvalue weighted by molar-refractivity contribution is 5.93. The van der Waals surface area contributed by atoms with Crippen molar-refractivity contribution in [2.24, 2.45) is 0 Å². The van der Waals surface area contributed by atoms with Crippen molar-refractivity contribution < 1.29 is 13.9 Å². The van der Waals surface area contributed by atoms with Gasteiger partial charge in [-0.3, -0.25) is 0 Å². The number of ether oxygens (including phenoxy) is 1. The topological polar surface area (TPSA) is 80.5 Å². The molecule has 0 radical (unpaired) electrons. The van der Waals surface area contributed by atoms with Gasteiger partial charge in [0.25, 0.3) is 0 Å². The maximum absolute atomic E-state index is 12.6. The number of carbonyl (C=O) groups excluding carboxylic acids is 1. The number of hydrogen-bond acceptors (Lipinski definition) is 5. The first-order valence-corrected chi connectivity index (χ1v) is 8.24. The zero-order chi connectivity index (χ0) is 16.9. The van der Waals surface area contributed by atoms with Crippen molar-refractivity contribution >= 4 is 11.7 Å². The molecule has 1 aromatic carbocycles. The molecule has 24 heavy (non-hydrogen) atoms. The number of likely N-dealkylation sites (tertiary alicyclic amines) is 1. The zero-order valence-corrected chi connectivity index (χ0v) is 14.0. The number of nitrogens with one attached hydrogen (secondary N) is 1. The predicted molar refractivity (Wildman–Crippen MR) is 89.7 cm³/mol. The lowest BCUT2D eigenvalue weighted by molar-refractivity contribution is 0.0181. The molecule has 0 bridgehead atoms. The molecule has 2 aromatic rings. The SMILES string of the molecule is CCO[C@@H]1CCCN(C(=O)Nc2ccccc2-c2nnc(C)o2)C1. The maximum Gasteiger partial charge on any atom is 0.321 e. The molecule has 128 valence electrons. The molecule has 0 spiro atoms. The molecule has 0 saturated carbocycles. The number of urea groups is 1. The quantitative estimate of drug-likeness (QED) is 0.932. The van der Waals surface area contributed by atoms with Crippen LogP contribution in [0.15, 0.2) is 28.7 Å². The van der Waals surface area contributed by atoms with E-state index in [-0.39, 0.29) is 12.1 Å². The van der Waals surface area contributed by atoms with Gasteiger partial charge in [0.1, 0.15) is 0 Å². The van der Waals surface area contributed by atoms with Gasteiger partial charge in [-0.1, -0.05) is 12.1 Å². The lowest BCUT2D eigenvalue weighted by Crippen LogP contribution is -2.45. The molecule has 3 rings (SSSR count). The van der Waals surface area contributed by atoms with Crippen LogP contribution in [0.5, 0.6) is 0 Å². The van der Waals surface area contributed by atoms with Crippen LogP contribution in [-0.4, -0.2) is 46.9 Å². The van der Waals surface area contributed by atoms with Gasteiger partial charge in [-0.15, -0.1) is 10.2 Å². The molecule has 2 heterocycles. The predicted octanol–water partition coefficient (Wildman–Crippen LogP) is 3.08. The van der Waals surface area contributed by atoms with E-state index in [2.05, 4.69) is 15.5 Å². The Balaban J connectivity index is 1.73. The fourth-order valence-electron chi connectivity index (χ4n) is 2.87. The van der Waals surface area contributed by atoms with E-state index in [4.69, 9.17) is 9.15 Å². The number of para-hydroxylation sites is 1. The number of benzene rings is 1. The van der Waals surface area contributed by atoms with Gasteiger partial charge < -0.3 is 19.4 Å². The summed E-state index contributed by atoms with van der Waals surface area (Å²) in [5.41, 5.74) is 1.37. The Hall–Kier alpha value is -2.41. The van der Waals surface area contributed by atoms with Gasteiger partial charge in [-0.25, -0.2) is 4.79 Å². The average Bonchev–Trinajstić information content (AvgIpc) is 3.02. The Morgan fingerprint density at radius 2 is 2.25 bits per heavy atom. The Morgan fingerprint density at radius 3 is 3.00 bits per heavy atom. The minimum absolute atomic E-state index is 0.114. The van der Waals surface area contributed by atoms with E-state index in [1.165, 1.54) is 0 Å². The van der Waals surface area contributed by atoms with Gasteiger partial charge in [-0.05, 0) is 31.9 Å². The molecule has 1 fully saturated rings. The van der Waals surface area contributed by atoms with Crippen molar-refractivity contribution in [3.63, 3.8) is 0 Å². The average molecular weight is 330 g/mol. The van der Waals surface area contributed by atoms with Gasteiger partial charge in [0.2, 0.25) is 11.8 Å². The van der Waals surface area contributed by atoms with Crippen LogP contribution in [0.25, 0.3) is 11.5 Å². The van der Waals surface area contributed by atoms with Crippen LogP contribution in [0.4, 0.5) is 10.5 Å². The Kier molecular flexibility index (Phi) is 5.10. The zero-order valence-electron chi connectivity index (χ0n) is 14.0. The number of carbonyl (C=O) groups is 1. The van der Waals surface area contributed by atoms with Crippen LogP contribution < -0.4 is 5.32 Å². The van der Waals surface area contributed by atoms with Crippen LogP contribution in [0.1, 0.15) is 25.7 Å². The van der Waals surface area contributed by atoms with E-state index in [0.717, 1.165) is 19.4 Å². The van der Waals surface area contributed by atoms with Crippen LogP contribution in [0, 0.1) is 6.92 Å². The molecule has 0 unspecified atom stereocenters. The molecule has 1 N–H and O–H groups in total. The van der Waals surface area contributed by atoms with Crippen LogP contribution in [0.2, 0.25) is 0 Å². The molecular weight excluding hydrogens is 308 g/mol. The first kappa shape index (κ1) is 16.4. The lowest BCUT2D eigenvalue weighted by Gasteiger charge is -2.32. The number of piperidine rings is 1. The van der Waals surface area contributed by atoms with Crippen molar-refractivity contribution in [3.8, 4) is 11.5 Å². The molecule has 1 saturated heterocycles. The number of rotatable bonds is 4. The normalized spacial score (nSPS) is 17.8. The molecule has 1 aliphatic rings. The van der Waals surface area contributed by atoms with E-state index < -0.39 is 0 Å². The number of amides is 2. The molecule has 1 aromatic heterocycles. The van der Waals surface area contributed by atoms with E-state index in [0.29, 0.717) is 36.2 Å². The molecule has 2 amide bonds. The second kappa shape index (κ2) is 7.44. The van der Waals surface area contributed by atoms with Gasteiger partial charge in [-0.2, -0.15) is 0 Å². The summed E-state index contributed by atoms with van der Waals surface area (Å²) in [6.07, 6.45) is 2.06. The number of aromatic nitrogens is 2. The summed E-state index contributed by atoms with van der Waals surface area (Å²) in [6, 6.07) is 7.28. The molecule has 0 aliphatic carbocycles. The third kappa shape index (κ3) is 3.73. The van der Waals surface area contributed by atoms with E-state index in [1.54, 1.807) is 11.8 Å². The third-order valence-electron chi connectivity index (χ3n) is 3.99. The first-order valence-electron chi connectivity index (χ1n) is 8.24. The van der Waals surface area contributed by atoms with Gasteiger partial charge in [0.05, 0.1) is 17.4 Å². The number of aryl methyl sites for hydroxylation is 1. The summed E-state index contributed by atoms with van der Waals surface area (Å²) in [5.74, 6) is 0.885. The van der Waals surface area contributed by atoms with Crippen molar-refractivity contribution in [2.75, 3.05) is 25.0 Å². The van der Waals surface area contributed by atoms with Gasteiger partial charge in [0, 0.05) is 26.6 Å². The Bertz CT molecular complexity index is 699. The first-order chi connectivity index (χ1) is 11.7. The van der Waals surface area contributed by atoms with Crippen LogP contribution >= 0.6 is 0 Å². The highest BCUT2D eigenvalue weighted by Gasteiger charge is 2.24. The third-order valence-corrected chi connectivity index (χ3v) is 3.99. The van der Waals surface area contributed by atoms with Gasteiger partial charge in [0.15, 0.2) is 0 Å². The summed E-state index contributed by atoms with van der Waals surface area (Å²) in [7, 11) is 0. The second-order valence-corrected chi connectivity index (χ2v) is 5.77. The summed E-state index contributed by atoms with van der Waals surface area (Å²) in [6.45, 7) is 5.72. The fraction of sp³-hybridized carbons (Fsp3) is 0.471. The highest BCUT2D eigenvalue weighted by Crippen LogP contribution is 2.27. The van der Waals surface area contributed by atoms with E-state index in [1.807, 2.05) is 31.2 Å². The van der Waals surface area contributed by atoms with E-state index >= 15 is 0 Å². The van der Waals surface area contributed by atoms with Crippen molar-refractivity contribution in [1.82, 2.24) is 15.1 Å². The number of nitrogens with zero attached hydrogens (tertiary/aromatic N) is 3. The smallest absolute Gasteiger partial charge is 0.321 e. The van der Waals surface area contributed by atoms with Gasteiger partial charge >= 0.3 is 6.03 Å². The van der Waals surface area contributed by atoms with Crippen LogP contribution in [0.3, 0.4) is 0 Å². The minimum atomic E-state index is -0.136. The van der Waals surface area contributed by atoms with Crippen molar-refractivity contribution in [2.45, 2.75) is 32.8 Å². The summed E-state index contributed by atoms with van der Waals surface area (Å²) in [5, 5.41) is 10.8.